The topological polar surface area (TPSA) is 86.2 Å². The van der Waals surface area contributed by atoms with Crippen molar-refractivity contribution in [1.82, 2.24) is 5.43 Å². The number of benzene rings is 2. The quantitative estimate of drug-likeness (QED) is 0.351. The van der Waals surface area contributed by atoms with Crippen molar-refractivity contribution < 1.29 is 23.8 Å². The van der Waals surface area contributed by atoms with E-state index in [9.17, 15) is 9.59 Å². The number of hydrazone groups is 1. The first-order chi connectivity index (χ1) is 12.9. The Labute approximate surface area is 157 Å². The number of nitrogens with one attached hydrogen (secondary N) is 1. The molecule has 0 aliphatic heterocycles. The highest BCUT2D eigenvalue weighted by Crippen LogP contribution is 2.27. The minimum Gasteiger partial charge on any atom is -0.493 e. The molecule has 0 saturated carbocycles. The van der Waals surface area contributed by atoms with E-state index < -0.39 is 5.97 Å². The Bertz CT molecular complexity index is 841. The van der Waals surface area contributed by atoms with Crippen LogP contribution in [0.1, 0.15) is 23.6 Å². The Morgan fingerprint density at radius 3 is 2.44 bits per heavy atom. The number of hydrogen-bond donors (Lipinski definition) is 1. The molecular weight excluding hydrogens is 348 g/mol. The second kappa shape index (κ2) is 9.38. The number of amides is 1. The summed E-state index contributed by atoms with van der Waals surface area (Å²) in [6.07, 6.45) is 1.46. The average molecular weight is 370 g/mol. The van der Waals surface area contributed by atoms with Gasteiger partial charge in [-0.25, -0.2) is 5.43 Å². The number of rotatable bonds is 7. The fourth-order valence-electron chi connectivity index (χ4n) is 2.38. The SMILES string of the molecule is COc1cc(C=NNC(=O)COc2c(C)cccc2C)ccc1OC(C)=O. The monoisotopic (exact) mass is 370 g/mol. The normalized spacial score (nSPS) is 10.5. The van der Waals surface area contributed by atoms with Crippen LogP contribution in [0.5, 0.6) is 17.2 Å². The van der Waals surface area contributed by atoms with E-state index >= 15 is 0 Å². The number of aryl methyl sites for hydroxylation is 2. The van der Waals surface area contributed by atoms with E-state index in [4.69, 9.17) is 14.2 Å². The summed E-state index contributed by atoms with van der Waals surface area (Å²) in [5.74, 6) is 0.581. The molecule has 142 valence electrons. The Morgan fingerprint density at radius 1 is 1.11 bits per heavy atom. The highest BCUT2D eigenvalue weighted by atomic mass is 16.6. The lowest BCUT2D eigenvalue weighted by molar-refractivity contribution is -0.132. The molecule has 1 N–H and O–H groups in total. The second-order valence-electron chi connectivity index (χ2n) is 5.81. The molecule has 7 nitrogen and oxygen atoms in total. The van der Waals surface area contributed by atoms with Gasteiger partial charge in [0.25, 0.3) is 5.91 Å². The van der Waals surface area contributed by atoms with Crippen LogP contribution in [-0.4, -0.2) is 31.8 Å². The van der Waals surface area contributed by atoms with Crippen molar-refractivity contribution in [1.29, 1.82) is 0 Å². The molecule has 7 heteroatoms. The van der Waals surface area contributed by atoms with Crippen LogP contribution in [0.2, 0.25) is 0 Å². The molecule has 1 amide bonds. The van der Waals surface area contributed by atoms with E-state index in [0.717, 1.165) is 11.1 Å². The zero-order chi connectivity index (χ0) is 19.8. The standard InChI is InChI=1S/C20H22N2O5/c1-13-6-5-7-14(2)20(13)26-12-19(24)22-21-11-16-8-9-17(27-15(3)23)18(10-16)25-4/h5-11H,12H2,1-4H3,(H,22,24). The predicted octanol–water partition coefficient (Wildman–Crippen LogP) is 2.77. The summed E-state index contributed by atoms with van der Waals surface area (Å²) >= 11 is 0. The summed E-state index contributed by atoms with van der Waals surface area (Å²) in [6, 6.07) is 10.7. The third kappa shape index (κ3) is 5.85. The number of esters is 1. The highest BCUT2D eigenvalue weighted by Gasteiger charge is 2.08. The molecule has 0 unspecified atom stereocenters. The Hall–Kier alpha value is -3.35. The van der Waals surface area contributed by atoms with Gasteiger partial charge in [-0.05, 0) is 48.7 Å². The largest absolute Gasteiger partial charge is 0.493 e. The minimum atomic E-state index is -0.439. The lowest BCUT2D eigenvalue weighted by atomic mass is 10.1. The zero-order valence-electron chi connectivity index (χ0n) is 15.7. The molecular formula is C20H22N2O5. The lowest BCUT2D eigenvalue weighted by Gasteiger charge is -2.10. The molecule has 0 aromatic heterocycles. The number of carbonyl (C=O) groups excluding carboxylic acids is 2. The van der Waals surface area contributed by atoms with Gasteiger partial charge in [-0.2, -0.15) is 5.10 Å². The van der Waals surface area contributed by atoms with Crippen LogP contribution in [-0.2, 0) is 9.59 Å². The minimum absolute atomic E-state index is 0.141. The average Bonchev–Trinajstić information content (AvgIpc) is 2.62. The molecule has 2 aromatic rings. The van der Waals surface area contributed by atoms with Gasteiger partial charge in [-0.1, -0.05) is 18.2 Å². The first-order valence-corrected chi connectivity index (χ1v) is 8.28. The van der Waals surface area contributed by atoms with Crippen LogP contribution in [0.25, 0.3) is 0 Å². The van der Waals surface area contributed by atoms with Crippen LogP contribution in [0, 0.1) is 13.8 Å². The van der Waals surface area contributed by atoms with Crippen LogP contribution in [0.15, 0.2) is 41.5 Å². The Kier molecular flexibility index (Phi) is 6.93. The van der Waals surface area contributed by atoms with Gasteiger partial charge in [-0.3, -0.25) is 9.59 Å². The Balaban J connectivity index is 1.92. The lowest BCUT2D eigenvalue weighted by Crippen LogP contribution is -2.25. The molecule has 0 heterocycles. The number of methoxy groups -OCH3 is 1. The third-order valence-corrected chi connectivity index (χ3v) is 3.60. The van der Waals surface area contributed by atoms with Crippen molar-refractivity contribution in [3.8, 4) is 17.2 Å². The number of ether oxygens (including phenoxy) is 3. The molecule has 0 radical (unpaired) electrons. The fourth-order valence-corrected chi connectivity index (χ4v) is 2.38. The summed E-state index contributed by atoms with van der Waals surface area (Å²) in [7, 11) is 1.47. The van der Waals surface area contributed by atoms with E-state index in [0.29, 0.717) is 22.8 Å². The molecule has 27 heavy (non-hydrogen) atoms. The van der Waals surface area contributed by atoms with Crippen molar-refractivity contribution in [2.75, 3.05) is 13.7 Å². The van der Waals surface area contributed by atoms with Gasteiger partial charge in [-0.15, -0.1) is 0 Å². The van der Waals surface area contributed by atoms with Crippen molar-refractivity contribution in [2.45, 2.75) is 20.8 Å². The number of carbonyl (C=O) groups is 2. The van der Waals surface area contributed by atoms with Crippen LogP contribution in [0.4, 0.5) is 0 Å². The van der Waals surface area contributed by atoms with E-state index in [2.05, 4.69) is 10.5 Å². The van der Waals surface area contributed by atoms with Gasteiger partial charge in [0, 0.05) is 6.92 Å². The molecule has 2 rings (SSSR count). The smallest absolute Gasteiger partial charge is 0.308 e. The molecule has 0 spiro atoms. The molecule has 2 aromatic carbocycles. The van der Waals surface area contributed by atoms with Gasteiger partial charge in [0.1, 0.15) is 5.75 Å². The molecule has 0 aliphatic carbocycles. The summed E-state index contributed by atoms with van der Waals surface area (Å²) in [4.78, 5) is 23.0. The van der Waals surface area contributed by atoms with Crippen molar-refractivity contribution in [2.24, 2.45) is 5.10 Å². The van der Waals surface area contributed by atoms with Gasteiger partial charge >= 0.3 is 5.97 Å². The second-order valence-corrected chi connectivity index (χ2v) is 5.81. The van der Waals surface area contributed by atoms with Crippen molar-refractivity contribution in [3.63, 3.8) is 0 Å². The summed E-state index contributed by atoms with van der Waals surface area (Å²) < 4.78 is 15.8. The molecule has 0 atom stereocenters. The van der Waals surface area contributed by atoms with E-state index in [-0.39, 0.29) is 12.5 Å². The van der Waals surface area contributed by atoms with E-state index in [1.165, 1.54) is 20.2 Å². The van der Waals surface area contributed by atoms with Crippen molar-refractivity contribution in [3.05, 3.63) is 53.1 Å². The van der Waals surface area contributed by atoms with Crippen LogP contribution >= 0.6 is 0 Å². The number of para-hydroxylation sites is 1. The first-order valence-electron chi connectivity index (χ1n) is 8.28. The highest BCUT2D eigenvalue weighted by molar-refractivity contribution is 5.84. The zero-order valence-corrected chi connectivity index (χ0v) is 15.7. The fraction of sp³-hybridized carbons (Fsp3) is 0.250. The van der Waals surface area contributed by atoms with Crippen LogP contribution in [0.3, 0.4) is 0 Å². The first kappa shape index (κ1) is 20.0. The molecule has 0 fully saturated rings. The maximum atomic E-state index is 11.9. The number of nitrogens with zero attached hydrogens (tertiary/aromatic N) is 1. The third-order valence-electron chi connectivity index (χ3n) is 3.60. The van der Waals surface area contributed by atoms with Gasteiger partial charge in [0.05, 0.1) is 13.3 Å². The molecule has 0 bridgehead atoms. The Morgan fingerprint density at radius 2 is 1.81 bits per heavy atom. The maximum absolute atomic E-state index is 11.9. The predicted molar refractivity (Wildman–Crippen MR) is 101 cm³/mol. The molecule has 0 aliphatic rings. The van der Waals surface area contributed by atoms with E-state index in [1.807, 2.05) is 32.0 Å². The van der Waals surface area contributed by atoms with Gasteiger partial charge < -0.3 is 14.2 Å². The summed E-state index contributed by atoms with van der Waals surface area (Å²) in [6.45, 7) is 5.01. The maximum Gasteiger partial charge on any atom is 0.308 e. The van der Waals surface area contributed by atoms with E-state index in [1.54, 1.807) is 18.2 Å². The summed E-state index contributed by atoms with van der Waals surface area (Å²) in [5.41, 5.74) is 5.00. The van der Waals surface area contributed by atoms with Crippen molar-refractivity contribution >= 4 is 18.1 Å². The van der Waals surface area contributed by atoms with Gasteiger partial charge in [0.15, 0.2) is 18.1 Å². The molecule has 0 saturated heterocycles. The summed E-state index contributed by atoms with van der Waals surface area (Å²) in [5, 5.41) is 3.90. The number of hydrogen-bond acceptors (Lipinski definition) is 6. The van der Waals surface area contributed by atoms with Crippen LogP contribution < -0.4 is 19.6 Å². The van der Waals surface area contributed by atoms with Gasteiger partial charge in [0.2, 0.25) is 0 Å².